The lowest BCUT2D eigenvalue weighted by Crippen LogP contribution is -2.65. The van der Waals surface area contributed by atoms with E-state index in [-0.39, 0.29) is 23.3 Å². The highest BCUT2D eigenvalue weighted by molar-refractivity contribution is 6.30. The molecular weight excluding hydrogens is 498 g/mol. The largest absolute Gasteiger partial charge is 0.504 e. The van der Waals surface area contributed by atoms with Crippen LogP contribution in [0.3, 0.4) is 0 Å². The molecule has 3 aromatic rings. The number of benzene rings is 3. The molecule has 0 radical (unpaired) electrons. The molecule has 0 bridgehead atoms. The zero-order valence-electron chi connectivity index (χ0n) is 21.5. The number of hydrogen-bond donors (Lipinski definition) is 3. The van der Waals surface area contributed by atoms with Gasteiger partial charge in [0.25, 0.3) is 0 Å². The van der Waals surface area contributed by atoms with Gasteiger partial charge in [-0.3, -0.25) is 14.6 Å². The van der Waals surface area contributed by atoms with Crippen molar-refractivity contribution in [3.8, 4) is 11.5 Å². The molecule has 1 aliphatic rings. The van der Waals surface area contributed by atoms with E-state index in [1.54, 1.807) is 24.3 Å². The Morgan fingerprint density at radius 2 is 1.61 bits per heavy atom. The van der Waals surface area contributed by atoms with Crippen molar-refractivity contribution in [2.75, 3.05) is 26.2 Å². The van der Waals surface area contributed by atoms with Crippen LogP contribution in [-0.4, -0.2) is 57.6 Å². The molecule has 0 aliphatic carbocycles. The smallest absolute Gasteiger partial charge is 0.190 e. The monoisotopic (exact) mass is 531 g/mol. The van der Waals surface area contributed by atoms with Gasteiger partial charge in [0.15, 0.2) is 17.3 Å². The van der Waals surface area contributed by atoms with E-state index in [9.17, 15) is 15.0 Å². The second-order valence-electron chi connectivity index (χ2n) is 9.50. The van der Waals surface area contributed by atoms with Gasteiger partial charge in [0.2, 0.25) is 0 Å². The van der Waals surface area contributed by atoms with Crippen LogP contribution in [0.1, 0.15) is 36.1 Å². The van der Waals surface area contributed by atoms with Crippen molar-refractivity contribution < 1.29 is 15.0 Å². The zero-order chi connectivity index (χ0) is 27.1. The Labute approximate surface area is 229 Å². The van der Waals surface area contributed by atoms with Crippen LogP contribution in [0, 0.1) is 0 Å². The Bertz CT molecular complexity index is 1290. The lowest BCUT2D eigenvalue weighted by atomic mass is 9.95. The molecule has 198 valence electrons. The highest BCUT2D eigenvalue weighted by Crippen LogP contribution is 2.31. The summed E-state index contributed by atoms with van der Waals surface area (Å²) in [6.07, 6.45) is 7.12. The first-order valence-electron chi connectivity index (χ1n) is 12.8. The molecule has 6 nitrogen and oxygen atoms in total. The van der Waals surface area contributed by atoms with Gasteiger partial charge >= 0.3 is 0 Å². The number of carbonyl (C=O) groups excluding carboxylic acids is 1. The van der Waals surface area contributed by atoms with Crippen molar-refractivity contribution in [3.63, 3.8) is 0 Å². The number of nitrogens with zero attached hydrogens (tertiary/aromatic N) is 2. The first kappa shape index (κ1) is 27.6. The van der Waals surface area contributed by atoms with Gasteiger partial charge in [-0.15, -0.1) is 0 Å². The molecule has 0 saturated carbocycles. The molecule has 38 heavy (non-hydrogen) atoms. The third-order valence-corrected chi connectivity index (χ3v) is 7.41. The minimum absolute atomic E-state index is 0.0875. The first-order chi connectivity index (χ1) is 18.3. The summed E-state index contributed by atoms with van der Waals surface area (Å²) in [7, 11) is 0. The van der Waals surface area contributed by atoms with E-state index in [0.717, 1.165) is 13.1 Å². The quantitative estimate of drug-likeness (QED) is 0.196. The normalized spacial score (nSPS) is 17.6. The number of phenols is 2. The van der Waals surface area contributed by atoms with E-state index in [0.29, 0.717) is 30.1 Å². The molecule has 1 aliphatic heterocycles. The van der Waals surface area contributed by atoms with E-state index in [2.05, 4.69) is 46.2 Å². The summed E-state index contributed by atoms with van der Waals surface area (Å²) < 4.78 is 0. The molecule has 1 saturated heterocycles. The number of nitrogens with two attached hydrogens (primary N) is 1. The van der Waals surface area contributed by atoms with Gasteiger partial charge in [-0.25, -0.2) is 0 Å². The highest BCUT2D eigenvalue weighted by Gasteiger charge is 2.39. The van der Waals surface area contributed by atoms with Crippen LogP contribution < -0.4 is 5.73 Å². The molecule has 2 unspecified atom stereocenters. The van der Waals surface area contributed by atoms with Gasteiger partial charge in [-0.2, -0.15) is 0 Å². The topological polar surface area (TPSA) is 90.0 Å². The molecule has 4 N–H and O–H groups in total. The van der Waals surface area contributed by atoms with E-state index in [1.807, 2.05) is 25.1 Å². The van der Waals surface area contributed by atoms with Crippen LogP contribution in [0.5, 0.6) is 11.5 Å². The third-order valence-electron chi connectivity index (χ3n) is 7.16. The van der Waals surface area contributed by atoms with Crippen LogP contribution in [0.25, 0.3) is 6.08 Å². The second-order valence-corrected chi connectivity index (χ2v) is 9.93. The number of phenolic OH excluding ortho intramolecular Hbond substituents is 2. The molecule has 0 amide bonds. The molecule has 3 aromatic carbocycles. The van der Waals surface area contributed by atoms with Gasteiger partial charge in [-0.05, 0) is 53.5 Å². The van der Waals surface area contributed by atoms with Crippen molar-refractivity contribution in [2.45, 2.75) is 25.0 Å². The molecule has 4 rings (SSSR count). The number of piperazine rings is 1. The third kappa shape index (κ3) is 6.34. The van der Waals surface area contributed by atoms with Gasteiger partial charge in [-0.1, -0.05) is 85.3 Å². The summed E-state index contributed by atoms with van der Waals surface area (Å²) in [5, 5.41) is 19.8. The van der Waals surface area contributed by atoms with Gasteiger partial charge < -0.3 is 15.9 Å². The minimum Gasteiger partial charge on any atom is -0.504 e. The Balaban J connectivity index is 1.44. The summed E-state index contributed by atoms with van der Waals surface area (Å²) in [5.74, 6) is -0.514. The predicted molar refractivity (Wildman–Crippen MR) is 153 cm³/mol. The van der Waals surface area contributed by atoms with E-state index in [4.69, 9.17) is 17.3 Å². The molecule has 2 atom stereocenters. The van der Waals surface area contributed by atoms with Gasteiger partial charge in [0.1, 0.15) is 5.66 Å². The Kier molecular flexibility index (Phi) is 9.02. The fourth-order valence-corrected chi connectivity index (χ4v) is 5.05. The number of ketones is 1. The average molecular weight is 532 g/mol. The maximum absolute atomic E-state index is 13.2. The van der Waals surface area contributed by atoms with Crippen LogP contribution in [0.15, 0.2) is 91.0 Å². The first-order valence-corrected chi connectivity index (χ1v) is 13.2. The SMILES string of the molecule is CCC(N)(C(=O)C=CC=Cc1ccc(O)c(O)c1)N1CCN(C(c2ccccc2)c2ccc(Cl)cc2)CC1. The maximum atomic E-state index is 13.2. The van der Waals surface area contributed by atoms with Crippen LogP contribution in [-0.2, 0) is 4.79 Å². The van der Waals surface area contributed by atoms with Crippen molar-refractivity contribution in [3.05, 3.63) is 113 Å². The fourth-order valence-electron chi connectivity index (χ4n) is 4.93. The van der Waals surface area contributed by atoms with E-state index < -0.39 is 5.66 Å². The van der Waals surface area contributed by atoms with Crippen molar-refractivity contribution in [2.24, 2.45) is 5.73 Å². The minimum atomic E-state index is -1.09. The Morgan fingerprint density at radius 1 is 0.947 bits per heavy atom. The van der Waals surface area contributed by atoms with Gasteiger partial charge in [0.05, 0.1) is 6.04 Å². The van der Waals surface area contributed by atoms with Crippen LogP contribution in [0.2, 0.25) is 5.02 Å². The fraction of sp³-hybridized carbons (Fsp3) is 0.258. The van der Waals surface area contributed by atoms with Crippen molar-refractivity contribution >= 4 is 23.5 Å². The Hall–Kier alpha value is -3.42. The average Bonchev–Trinajstić information content (AvgIpc) is 2.94. The number of halogens is 1. The number of allylic oxidation sites excluding steroid dienone is 2. The summed E-state index contributed by atoms with van der Waals surface area (Å²) in [6, 6.07) is 23.1. The summed E-state index contributed by atoms with van der Waals surface area (Å²) in [6.45, 7) is 4.81. The van der Waals surface area contributed by atoms with E-state index >= 15 is 0 Å². The Morgan fingerprint density at radius 3 is 2.24 bits per heavy atom. The van der Waals surface area contributed by atoms with E-state index in [1.165, 1.54) is 29.3 Å². The molecule has 1 heterocycles. The highest BCUT2D eigenvalue weighted by atomic mass is 35.5. The standard InChI is InChI=1S/C31H34ClN3O3/c1-2-31(33,29(38)11-7-6-8-23-12-17-27(36)28(37)22-23)35-20-18-34(19-21-35)30(24-9-4-3-5-10-24)25-13-15-26(32)16-14-25/h3-17,22,30,36-37H,2,18-21,33H2,1H3. The van der Waals surface area contributed by atoms with Gasteiger partial charge in [0, 0.05) is 31.2 Å². The summed E-state index contributed by atoms with van der Waals surface area (Å²) >= 11 is 6.16. The molecule has 1 fully saturated rings. The lowest BCUT2D eigenvalue weighted by Gasteiger charge is -2.46. The van der Waals surface area contributed by atoms with Crippen LogP contribution in [0.4, 0.5) is 0 Å². The molecule has 0 spiro atoms. The molecule has 0 aromatic heterocycles. The lowest BCUT2D eigenvalue weighted by molar-refractivity contribution is -0.128. The number of carbonyl (C=O) groups is 1. The molecule has 7 heteroatoms. The second kappa shape index (κ2) is 12.4. The zero-order valence-corrected chi connectivity index (χ0v) is 22.3. The number of rotatable bonds is 9. The predicted octanol–water partition coefficient (Wildman–Crippen LogP) is 5.36. The maximum Gasteiger partial charge on any atom is 0.190 e. The number of aromatic hydroxyl groups is 2. The number of hydrogen-bond acceptors (Lipinski definition) is 6. The van der Waals surface area contributed by atoms with Crippen molar-refractivity contribution in [1.29, 1.82) is 0 Å². The van der Waals surface area contributed by atoms with Crippen LogP contribution >= 0.6 is 11.6 Å². The summed E-state index contributed by atoms with van der Waals surface area (Å²) in [5.41, 5.74) is 8.72. The van der Waals surface area contributed by atoms with Crippen molar-refractivity contribution in [1.82, 2.24) is 9.80 Å². The molecular formula is C31H34ClN3O3. The summed E-state index contributed by atoms with van der Waals surface area (Å²) in [4.78, 5) is 17.7.